The molecule has 4 unspecified atom stereocenters. The Kier molecular flexibility index (Phi) is 6.02. The summed E-state index contributed by atoms with van der Waals surface area (Å²) in [4.78, 5) is 17.1. The maximum Gasteiger partial charge on any atom is 0.226 e. The van der Waals surface area contributed by atoms with Crippen molar-refractivity contribution in [3.05, 3.63) is 0 Å². The molecule has 2 heterocycles. The van der Waals surface area contributed by atoms with Gasteiger partial charge in [0, 0.05) is 44.7 Å². The van der Waals surface area contributed by atoms with E-state index in [1.165, 1.54) is 0 Å². The minimum atomic E-state index is 0.0677. The fraction of sp³-hybridized carbons (Fsp3) is 0.938. The third-order valence-corrected chi connectivity index (χ3v) is 4.56. The van der Waals surface area contributed by atoms with Gasteiger partial charge in [0.2, 0.25) is 5.91 Å². The van der Waals surface area contributed by atoms with Gasteiger partial charge in [-0.15, -0.1) is 0 Å². The fourth-order valence-corrected chi connectivity index (χ4v) is 3.72. The summed E-state index contributed by atoms with van der Waals surface area (Å²) in [5, 5.41) is 3.11. The molecular formula is C16H31N3O2. The largest absolute Gasteiger partial charge is 0.373 e. The topological polar surface area (TPSA) is 44.8 Å². The summed E-state index contributed by atoms with van der Waals surface area (Å²) in [5.41, 5.74) is 0. The average Bonchev–Trinajstić information content (AvgIpc) is 2.85. The van der Waals surface area contributed by atoms with Crippen LogP contribution in [0.4, 0.5) is 0 Å². The van der Waals surface area contributed by atoms with Crippen molar-refractivity contribution >= 4 is 5.91 Å². The van der Waals surface area contributed by atoms with Crippen LogP contribution >= 0.6 is 0 Å². The average molecular weight is 297 g/mol. The number of hydrogen-bond donors (Lipinski definition) is 1. The van der Waals surface area contributed by atoms with E-state index < -0.39 is 0 Å². The van der Waals surface area contributed by atoms with E-state index >= 15 is 0 Å². The van der Waals surface area contributed by atoms with Crippen molar-refractivity contribution in [3.63, 3.8) is 0 Å². The number of nitrogens with one attached hydrogen (secondary N) is 1. The molecule has 0 spiro atoms. The Labute approximate surface area is 129 Å². The monoisotopic (exact) mass is 297 g/mol. The lowest BCUT2D eigenvalue weighted by molar-refractivity contribution is -0.136. The molecule has 4 atom stereocenters. The molecule has 5 heteroatoms. The van der Waals surface area contributed by atoms with Crippen LogP contribution in [0.3, 0.4) is 0 Å². The van der Waals surface area contributed by atoms with Gasteiger partial charge < -0.3 is 15.0 Å². The van der Waals surface area contributed by atoms with Gasteiger partial charge in [-0.2, -0.15) is 0 Å². The van der Waals surface area contributed by atoms with Gasteiger partial charge in [0.25, 0.3) is 0 Å². The molecule has 2 saturated heterocycles. The minimum Gasteiger partial charge on any atom is -0.373 e. The molecule has 0 aromatic carbocycles. The van der Waals surface area contributed by atoms with Crippen LogP contribution in [-0.2, 0) is 9.53 Å². The molecule has 122 valence electrons. The molecular weight excluding hydrogens is 266 g/mol. The molecule has 2 aliphatic heterocycles. The van der Waals surface area contributed by atoms with Gasteiger partial charge >= 0.3 is 0 Å². The molecule has 0 radical (unpaired) electrons. The summed E-state index contributed by atoms with van der Waals surface area (Å²) < 4.78 is 5.79. The van der Waals surface area contributed by atoms with Gasteiger partial charge in [0.05, 0.1) is 12.2 Å². The molecule has 0 bridgehead atoms. The number of nitrogens with zero attached hydrogens (tertiary/aromatic N) is 2. The normalized spacial score (nSPS) is 32.4. The summed E-state index contributed by atoms with van der Waals surface area (Å²) in [6, 6.07) is 0.384. The van der Waals surface area contributed by atoms with Crippen molar-refractivity contribution in [2.24, 2.45) is 5.92 Å². The second kappa shape index (κ2) is 7.56. The molecule has 5 nitrogen and oxygen atoms in total. The molecule has 1 amide bonds. The van der Waals surface area contributed by atoms with Crippen molar-refractivity contribution in [2.75, 3.05) is 39.8 Å². The predicted molar refractivity (Wildman–Crippen MR) is 84.3 cm³/mol. The van der Waals surface area contributed by atoms with E-state index in [4.69, 9.17) is 4.74 Å². The first kappa shape index (κ1) is 16.7. The van der Waals surface area contributed by atoms with Gasteiger partial charge in [-0.1, -0.05) is 6.92 Å². The van der Waals surface area contributed by atoms with E-state index in [1.807, 2.05) is 14.0 Å². The third kappa shape index (κ3) is 4.41. The van der Waals surface area contributed by atoms with Crippen LogP contribution in [0.15, 0.2) is 0 Å². The van der Waals surface area contributed by atoms with Crippen molar-refractivity contribution < 1.29 is 9.53 Å². The molecule has 1 N–H and O–H groups in total. The standard InChI is InChI=1S/C16H31N3O2/c1-12(8-17-4)16(20)19-7-5-6-15(19)11-18-9-13(2)21-14(3)10-18/h12-15,17H,5-11H2,1-4H3. The van der Waals surface area contributed by atoms with Gasteiger partial charge in [-0.05, 0) is 33.7 Å². The molecule has 2 fully saturated rings. The van der Waals surface area contributed by atoms with E-state index in [1.54, 1.807) is 0 Å². The second-order valence-electron chi connectivity index (χ2n) is 6.76. The van der Waals surface area contributed by atoms with Crippen LogP contribution < -0.4 is 5.32 Å². The number of morpholine rings is 1. The highest BCUT2D eigenvalue weighted by atomic mass is 16.5. The number of rotatable bonds is 5. The van der Waals surface area contributed by atoms with Gasteiger partial charge in [-0.25, -0.2) is 0 Å². The van der Waals surface area contributed by atoms with Crippen LogP contribution in [0.25, 0.3) is 0 Å². The second-order valence-corrected chi connectivity index (χ2v) is 6.76. The molecule has 2 aliphatic rings. The summed E-state index contributed by atoms with van der Waals surface area (Å²) >= 11 is 0. The van der Waals surface area contributed by atoms with Crippen molar-refractivity contribution in [2.45, 2.75) is 51.9 Å². The van der Waals surface area contributed by atoms with E-state index in [9.17, 15) is 4.79 Å². The van der Waals surface area contributed by atoms with E-state index in [0.717, 1.165) is 45.6 Å². The Morgan fingerprint density at radius 3 is 2.62 bits per heavy atom. The highest BCUT2D eigenvalue weighted by molar-refractivity contribution is 5.79. The first-order chi connectivity index (χ1) is 10.0. The Hall–Kier alpha value is -0.650. The minimum absolute atomic E-state index is 0.0677. The zero-order valence-corrected chi connectivity index (χ0v) is 14.0. The Bertz CT molecular complexity index is 340. The Morgan fingerprint density at radius 1 is 1.33 bits per heavy atom. The van der Waals surface area contributed by atoms with Crippen molar-refractivity contribution in [1.29, 1.82) is 0 Å². The van der Waals surface area contributed by atoms with Crippen molar-refractivity contribution in [1.82, 2.24) is 15.1 Å². The first-order valence-electron chi connectivity index (χ1n) is 8.34. The van der Waals surface area contributed by atoms with E-state index in [-0.39, 0.29) is 5.92 Å². The number of carbonyl (C=O) groups excluding carboxylic acids is 1. The van der Waals surface area contributed by atoms with Gasteiger partial charge in [0.15, 0.2) is 0 Å². The summed E-state index contributed by atoms with van der Waals surface area (Å²) in [6.45, 7) is 10.9. The first-order valence-corrected chi connectivity index (χ1v) is 8.34. The van der Waals surface area contributed by atoms with E-state index in [2.05, 4.69) is 29.0 Å². The van der Waals surface area contributed by atoms with Gasteiger partial charge in [0.1, 0.15) is 0 Å². The number of ether oxygens (including phenoxy) is 1. The molecule has 0 saturated carbocycles. The summed E-state index contributed by atoms with van der Waals surface area (Å²) in [6.07, 6.45) is 2.86. The lowest BCUT2D eigenvalue weighted by Crippen LogP contribution is -2.51. The highest BCUT2D eigenvalue weighted by Gasteiger charge is 2.33. The summed E-state index contributed by atoms with van der Waals surface area (Å²) in [7, 11) is 1.90. The smallest absolute Gasteiger partial charge is 0.226 e. The maximum atomic E-state index is 12.6. The molecule has 0 aromatic rings. The van der Waals surface area contributed by atoms with Crippen molar-refractivity contribution in [3.8, 4) is 0 Å². The third-order valence-electron chi connectivity index (χ3n) is 4.56. The number of hydrogen-bond acceptors (Lipinski definition) is 4. The Balaban J connectivity index is 1.91. The van der Waals surface area contributed by atoms with Crippen LogP contribution in [0.1, 0.15) is 33.6 Å². The fourth-order valence-electron chi connectivity index (χ4n) is 3.72. The SMILES string of the molecule is CNCC(C)C(=O)N1CCCC1CN1CC(C)OC(C)C1. The predicted octanol–water partition coefficient (Wildman–Crippen LogP) is 0.942. The number of carbonyl (C=O) groups is 1. The zero-order valence-electron chi connectivity index (χ0n) is 14.0. The number of amides is 1. The van der Waals surface area contributed by atoms with Crippen LogP contribution in [-0.4, -0.2) is 73.7 Å². The number of likely N-dealkylation sites (tertiary alicyclic amines) is 1. The molecule has 21 heavy (non-hydrogen) atoms. The molecule has 0 aliphatic carbocycles. The van der Waals surface area contributed by atoms with Crippen LogP contribution in [0.5, 0.6) is 0 Å². The lowest BCUT2D eigenvalue weighted by Gasteiger charge is -2.38. The van der Waals surface area contributed by atoms with Crippen LogP contribution in [0.2, 0.25) is 0 Å². The quantitative estimate of drug-likeness (QED) is 0.820. The Morgan fingerprint density at radius 2 is 2.00 bits per heavy atom. The lowest BCUT2D eigenvalue weighted by atomic mass is 10.1. The van der Waals surface area contributed by atoms with Crippen LogP contribution in [0, 0.1) is 5.92 Å². The molecule has 2 rings (SSSR count). The summed E-state index contributed by atoms with van der Waals surface area (Å²) in [5.74, 6) is 0.374. The molecule has 0 aromatic heterocycles. The highest BCUT2D eigenvalue weighted by Crippen LogP contribution is 2.22. The van der Waals surface area contributed by atoms with Gasteiger partial charge in [-0.3, -0.25) is 9.69 Å². The maximum absolute atomic E-state index is 12.6. The van der Waals surface area contributed by atoms with E-state index in [0.29, 0.717) is 24.2 Å². The zero-order chi connectivity index (χ0) is 15.4.